The number of hydrogen-bond acceptors (Lipinski definition) is 6. The minimum Gasteiger partial charge on any atom is -0.769 e. The smallest absolute Gasteiger partial charge is 0.102 e. The highest BCUT2D eigenvalue weighted by Crippen LogP contribution is 2.41. The number of benzene rings is 4. The quantitative estimate of drug-likeness (QED) is 0.429. The number of anilines is 2. The van der Waals surface area contributed by atoms with Gasteiger partial charge in [0.25, 0.3) is 0 Å². The lowest BCUT2D eigenvalue weighted by atomic mass is 9.93. The Morgan fingerprint density at radius 1 is 0.636 bits per heavy atom. The van der Waals surface area contributed by atoms with Gasteiger partial charge in [0, 0.05) is 16.5 Å². The third kappa shape index (κ3) is 1.63. The zero-order valence-electron chi connectivity index (χ0n) is 11.2. The second-order valence-corrected chi connectivity index (χ2v) is 5.14. The molecule has 6 heteroatoms. The topological polar surface area (TPSA) is 93.1 Å². The van der Waals surface area contributed by atoms with Gasteiger partial charge in [-0.2, -0.15) is 0 Å². The van der Waals surface area contributed by atoms with Gasteiger partial charge >= 0.3 is 0 Å². The summed E-state index contributed by atoms with van der Waals surface area (Å²) in [4.78, 5) is 0. The van der Waals surface area contributed by atoms with Crippen LogP contribution in [0.3, 0.4) is 0 Å². The third-order valence-corrected chi connectivity index (χ3v) is 4.03. The van der Waals surface area contributed by atoms with Crippen LogP contribution in [-0.2, 0) is 0 Å². The molecule has 22 heavy (non-hydrogen) atoms. The molecule has 0 aromatic heterocycles. The van der Waals surface area contributed by atoms with Crippen molar-refractivity contribution < 1.29 is 10.4 Å². The zero-order valence-corrected chi connectivity index (χ0v) is 11.2. The molecule has 0 amide bonds. The summed E-state index contributed by atoms with van der Waals surface area (Å²) in [6.45, 7) is 0. The molecule has 0 aliphatic heterocycles. The molecule has 4 aromatic rings. The van der Waals surface area contributed by atoms with Crippen LogP contribution in [-0.4, -0.2) is 10.4 Å². The first-order chi connectivity index (χ1) is 10.6. The Bertz CT molecular complexity index is 917. The predicted octanol–water partition coefficient (Wildman–Crippen LogP) is 3.97. The second kappa shape index (κ2) is 4.43. The molecule has 0 saturated heterocycles. The molecule has 0 aliphatic rings. The molecule has 0 atom stereocenters. The lowest BCUT2D eigenvalue weighted by Crippen LogP contribution is -2.11. The Labute approximate surface area is 124 Å². The molecule has 0 aliphatic carbocycles. The fraction of sp³-hybridized carbons (Fsp3) is 0. The van der Waals surface area contributed by atoms with E-state index in [1.54, 1.807) is 30.3 Å². The van der Waals surface area contributed by atoms with Crippen molar-refractivity contribution in [2.75, 3.05) is 10.5 Å². The summed E-state index contributed by atoms with van der Waals surface area (Å²) in [7, 11) is 0. The van der Waals surface area contributed by atoms with Gasteiger partial charge in [0.05, 0.1) is 0 Å². The highest BCUT2D eigenvalue weighted by Gasteiger charge is 2.14. The van der Waals surface area contributed by atoms with Crippen molar-refractivity contribution >= 4 is 43.7 Å². The van der Waals surface area contributed by atoms with Gasteiger partial charge in [-0.25, -0.2) is 0 Å². The Kier molecular flexibility index (Phi) is 2.63. The van der Waals surface area contributed by atoms with E-state index in [9.17, 15) is 20.8 Å². The Morgan fingerprint density at radius 2 is 1.09 bits per heavy atom. The van der Waals surface area contributed by atoms with Crippen LogP contribution < -0.4 is 10.5 Å². The van der Waals surface area contributed by atoms with E-state index in [0.29, 0.717) is 10.8 Å². The first-order valence-corrected chi connectivity index (χ1v) is 6.61. The van der Waals surface area contributed by atoms with Gasteiger partial charge in [0.2, 0.25) is 0 Å². The zero-order chi connectivity index (χ0) is 15.4. The van der Waals surface area contributed by atoms with E-state index in [-0.39, 0.29) is 16.6 Å². The SMILES string of the molecule is [O-]N([O-])c1ccc2ccc3ccc(N(O)O)c4ccc1c2c34. The molecule has 0 saturated carbocycles. The van der Waals surface area contributed by atoms with Gasteiger partial charge in [0.1, 0.15) is 5.69 Å². The highest BCUT2D eigenvalue weighted by atomic mass is 16.8. The molecule has 0 bridgehead atoms. The van der Waals surface area contributed by atoms with Gasteiger partial charge in [-0.3, -0.25) is 10.4 Å². The van der Waals surface area contributed by atoms with Crippen molar-refractivity contribution in [2.45, 2.75) is 0 Å². The normalized spacial score (nSPS) is 11.6. The van der Waals surface area contributed by atoms with Crippen LogP contribution >= 0.6 is 0 Å². The molecule has 110 valence electrons. The first kappa shape index (κ1) is 13.1. The van der Waals surface area contributed by atoms with Gasteiger partial charge in [0.15, 0.2) is 0 Å². The summed E-state index contributed by atoms with van der Waals surface area (Å²) in [5, 5.41) is 45.4. The van der Waals surface area contributed by atoms with Crippen LogP contribution in [0.25, 0.3) is 32.3 Å². The highest BCUT2D eigenvalue weighted by molar-refractivity contribution is 6.27. The molecule has 0 unspecified atom stereocenters. The van der Waals surface area contributed by atoms with Crippen LogP contribution in [0, 0.1) is 10.4 Å². The monoisotopic (exact) mass is 294 g/mol. The average Bonchev–Trinajstić information content (AvgIpc) is 2.51. The summed E-state index contributed by atoms with van der Waals surface area (Å²) >= 11 is 0. The summed E-state index contributed by atoms with van der Waals surface area (Å²) in [5.41, 5.74) is 0.269. The lowest BCUT2D eigenvalue weighted by Gasteiger charge is -2.38. The van der Waals surface area contributed by atoms with E-state index in [0.717, 1.165) is 21.5 Å². The van der Waals surface area contributed by atoms with Crippen molar-refractivity contribution in [3.8, 4) is 0 Å². The molecular weight excluding hydrogens is 284 g/mol. The molecule has 4 aromatic carbocycles. The molecule has 0 radical (unpaired) electrons. The van der Waals surface area contributed by atoms with Crippen molar-refractivity contribution in [2.24, 2.45) is 0 Å². The molecule has 0 spiro atoms. The van der Waals surface area contributed by atoms with Crippen LogP contribution in [0.1, 0.15) is 0 Å². The predicted molar refractivity (Wildman–Crippen MR) is 85.4 cm³/mol. The number of rotatable bonds is 2. The lowest BCUT2D eigenvalue weighted by molar-refractivity contribution is 0.0300. The second-order valence-electron chi connectivity index (χ2n) is 5.14. The van der Waals surface area contributed by atoms with Crippen molar-refractivity contribution in [3.63, 3.8) is 0 Å². The molecule has 0 fully saturated rings. The summed E-state index contributed by atoms with van der Waals surface area (Å²) < 4.78 is 0. The van der Waals surface area contributed by atoms with E-state index < -0.39 is 5.23 Å². The Hall–Kier alpha value is -2.64. The Balaban J connectivity index is 2.28. The van der Waals surface area contributed by atoms with Crippen molar-refractivity contribution in [3.05, 3.63) is 58.9 Å². The molecule has 6 nitrogen and oxygen atoms in total. The van der Waals surface area contributed by atoms with E-state index in [2.05, 4.69) is 0 Å². The maximum absolute atomic E-state index is 11.2. The minimum absolute atomic E-state index is 0.0390. The standard InChI is InChI=1S/C16H10N2O4/c19-17(20)13-7-3-9-1-2-10-4-8-14(18(21)22)12-6-5-11(13)15(9)16(10)12/h1-8,19-20H/q-2. The summed E-state index contributed by atoms with van der Waals surface area (Å²) in [5.74, 6) is 0. The largest absolute Gasteiger partial charge is 0.769 e. The van der Waals surface area contributed by atoms with E-state index in [4.69, 9.17) is 0 Å². The van der Waals surface area contributed by atoms with Crippen LogP contribution in [0.4, 0.5) is 11.4 Å². The molecule has 0 heterocycles. The van der Waals surface area contributed by atoms with E-state index in [1.165, 1.54) is 6.07 Å². The van der Waals surface area contributed by atoms with Crippen molar-refractivity contribution in [1.82, 2.24) is 0 Å². The maximum Gasteiger partial charge on any atom is 0.102 e. The number of nitrogens with zero attached hydrogens (tertiary/aromatic N) is 2. The average molecular weight is 294 g/mol. The summed E-state index contributed by atoms with van der Waals surface area (Å²) in [6, 6.07) is 13.7. The first-order valence-electron chi connectivity index (χ1n) is 6.61. The minimum atomic E-state index is -0.406. The maximum atomic E-state index is 11.2. The Morgan fingerprint density at radius 3 is 1.59 bits per heavy atom. The molecule has 4 rings (SSSR count). The fourth-order valence-electron chi connectivity index (χ4n) is 3.10. The van der Waals surface area contributed by atoms with Crippen LogP contribution in [0.5, 0.6) is 0 Å². The van der Waals surface area contributed by atoms with E-state index >= 15 is 0 Å². The van der Waals surface area contributed by atoms with Crippen LogP contribution in [0.2, 0.25) is 0 Å². The molecule has 2 N–H and O–H groups in total. The van der Waals surface area contributed by atoms with Crippen LogP contribution in [0.15, 0.2) is 48.5 Å². The third-order valence-electron chi connectivity index (χ3n) is 4.03. The van der Waals surface area contributed by atoms with E-state index in [1.807, 2.05) is 12.1 Å². The fourth-order valence-corrected chi connectivity index (χ4v) is 3.10. The number of hydrogen-bond donors (Lipinski definition) is 2. The van der Waals surface area contributed by atoms with Gasteiger partial charge in [-0.05, 0) is 33.7 Å². The summed E-state index contributed by atoms with van der Waals surface area (Å²) in [6.07, 6.45) is 0. The van der Waals surface area contributed by atoms with Crippen molar-refractivity contribution in [1.29, 1.82) is 0 Å². The van der Waals surface area contributed by atoms with Gasteiger partial charge in [-0.1, -0.05) is 36.4 Å². The van der Waals surface area contributed by atoms with Gasteiger partial charge < -0.3 is 15.6 Å². The van der Waals surface area contributed by atoms with Gasteiger partial charge in [-0.15, -0.1) is 5.23 Å². The molecular formula is C16H10N2O4-2.